The number of rotatable bonds is 3. The van der Waals surface area contributed by atoms with E-state index < -0.39 is 0 Å². The molecule has 1 fully saturated rings. The van der Waals surface area contributed by atoms with Crippen molar-refractivity contribution in [2.75, 3.05) is 6.61 Å². The number of aromatic nitrogens is 4. The number of amides is 1. The maximum Gasteiger partial charge on any atom is 0.257 e. The van der Waals surface area contributed by atoms with Crippen molar-refractivity contribution >= 4 is 5.91 Å². The van der Waals surface area contributed by atoms with Gasteiger partial charge in [-0.2, -0.15) is 10.2 Å². The average Bonchev–Trinajstić information content (AvgIpc) is 3.08. The molecule has 1 amide bonds. The van der Waals surface area contributed by atoms with Crippen molar-refractivity contribution in [2.24, 2.45) is 7.05 Å². The first-order valence-electron chi connectivity index (χ1n) is 7.77. The van der Waals surface area contributed by atoms with E-state index in [0.29, 0.717) is 23.7 Å². The van der Waals surface area contributed by atoms with E-state index >= 15 is 0 Å². The minimum absolute atomic E-state index is 0.0179. The van der Waals surface area contributed by atoms with Crippen molar-refractivity contribution in [3.63, 3.8) is 0 Å². The molecule has 124 valence electrons. The summed E-state index contributed by atoms with van der Waals surface area (Å²) in [6.07, 6.45) is 4.45. The highest BCUT2D eigenvalue weighted by atomic mass is 16.5. The predicted molar refractivity (Wildman–Crippen MR) is 85.7 cm³/mol. The van der Waals surface area contributed by atoms with E-state index in [2.05, 4.69) is 15.5 Å². The molecule has 1 N–H and O–H groups in total. The fourth-order valence-electron chi connectivity index (χ4n) is 3.09. The maximum atomic E-state index is 12.8. The largest absolute Gasteiger partial charge is 0.373 e. The van der Waals surface area contributed by atoms with Crippen LogP contribution in [0.3, 0.4) is 0 Å². The van der Waals surface area contributed by atoms with Gasteiger partial charge in [0, 0.05) is 13.2 Å². The van der Waals surface area contributed by atoms with Crippen LogP contribution in [0.5, 0.6) is 0 Å². The van der Waals surface area contributed by atoms with Crippen LogP contribution < -0.4 is 5.32 Å². The lowest BCUT2D eigenvalue weighted by molar-refractivity contribution is 0.0355. The monoisotopic (exact) mass is 317 g/mol. The molecule has 0 radical (unpaired) electrons. The zero-order valence-electron chi connectivity index (χ0n) is 14.3. The van der Waals surface area contributed by atoms with Gasteiger partial charge in [-0.15, -0.1) is 0 Å². The van der Waals surface area contributed by atoms with Crippen LogP contribution in [0.1, 0.15) is 41.9 Å². The predicted octanol–water partition coefficient (Wildman–Crippen LogP) is 1.52. The number of carbonyl (C=O) groups excluding carboxylic acids is 1. The van der Waals surface area contributed by atoms with Gasteiger partial charge in [0.25, 0.3) is 5.91 Å². The Kier molecular flexibility index (Phi) is 3.75. The highest BCUT2D eigenvalue weighted by Gasteiger charge is 2.34. The van der Waals surface area contributed by atoms with Crippen LogP contribution in [-0.4, -0.2) is 43.7 Å². The molecule has 0 aliphatic carbocycles. The third-order valence-corrected chi connectivity index (χ3v) is 4.10. The van der Waals surface area contributed by atoms with E-state index in [0.717, 1.165) is 12.0 Å². The molecule has 1 aliphatic rings. The van der Waals surface area contributed by atoms with E-state index in [1.54, 1.807) is 15.6 Å². The van der Waals surface area contributed by atoms with Gasteiger partial charge < -0.3 is 10.1 Å². The molecule has 1 saturated heterocycles. The van der Waals surface area contributed by atoms with Gasteiger partial charge in [0.15, 0.2) is 5.82 Å². The molecule has 0 aromatic carbocycles. The number of nitrogens with zero attached hydrogens (tertiary/aromatic N) is 4. The topological polar surface area (TPSA) is 74.0 Å². The van der Waals surface area contributed by atoms with Gasteiger partial charge in [-0.1, -0.05) is 0 Å². The number of ether oxygens (including phenoxy) is 1. The summed E-state index contributed by atoms with van der Waals surface area (Å²) in [6, 6.07) is 0.0179. The van der Waals surface area contributed by atoms with E-state index in [1.165, 1.54) is 0 Å². The quantitative estimate of drug-likeness (QED) is 0.931. The van der Waals surface area contributed by atoms with Crippen LogP contribution in [0.25, 0.3) is 5.82 Å². The number of nitrogens with one attached hydrogen (secondary N) is 1. The van der Waals surface area contributed by atoms with Crippen LogP contribution in [0, 0.1) is 13.8 Å². The van der Waals surface area contributed by atoms with Gasteiger partial charge in [-0.3, -0.25) is 4.79 Å². The summed E-state index contributed by atoms with van der Waals surface area (Å²) in [5.41, 5.74) is 2.08. The molecule has 7 nitrogen and oxygen atoms in total. The highest BCUT2D eigenvalue weighted by Crippen LogP contribution is 2.25. The molecule has 1 unspecified atom stereocenters. The summed E-state index contributed by atoms with van der Waals surface area (Å²) in [4.78, 5) is 12.8. The fraction of sp³-hybridized carbons (Fsp3) is 0.562. The van der Waals surface area contributed by atoms with Gasteiger partial charge >= 0.3 is 0 Å². The molecule has 1 aliphatic heterocycles. The molecule has 0 spiro atoms. The van der Waals surface area contributed by atoms with Crippen LogP contribution in [-0.2, 0) is 11.8 Å². The lowest BCUT2D eigenvalue weighted by atomic mass is 10.0. The highest BCUT2D eigenvalue weighted by molar-refractivity contribution is 5.98. The Balaban J connectivity index is 1.89. The van der Waals surface area contributed by atoms with Crippen LogP contribution >= 0.6 is 0 Å². The summed E-state index contributed by atoms with van der Waals surface area (Å²) in [7, 11) is 1.82. The second-order valence-electron chi connectivity index (χ2n) is 6.82. The number of hydrogen-bond acceptors (Lipinski definition) is 4. The second-order valence-corrected chi connectivity index (χ2v) is 6.82. The van der Waals surface area contributed by atoms with E-state index in [1.807, 2.05) is 40.9 Å². The third kappa shape index (κ3) is 3.01. The number of aryl methyl sites for hydroxylation is 3. The molecule has 3 heterocycles. The summed E-state index contributed by atoms with van der Waals surface area (Å²) in [5.74, 6) is 0.538. The van der Waals surface area contributed by atoms with E-state index in [9.17, 15) is 4.79 Å². The smallest absolute Gasteiger partial charge is 0.257 e. The maximum absolute atomic E-state index is 12.8. The fourth-order valence-corrected chi connectivity index (χ4v) is 3.09. The summed E-state index contributed by atoms with van der Waals surface area (Å²) in [5, 5.41) is 11.8. The first kappa shape index (κ1) is 15.7. The van der Waals surface area contributed by atoms with Gasteiger partial charge in [0.1, 0.15) is 5.56 Å². The Hall–Kier alpha value is -2.15. The minimum Gasteiger partial charge on any atom is -0.373 e. The molecule has 0 bridgehead atoms. The first-order valence-corrected chi connectivity index (χ1v) is 7.77. The second kappa shape index (κ2) is 5.49. The molecule has 7 heteroatoms. The van der Waals surface area contributed by atoms with E-state index in [4.69, 9.17) is 4.74 Å². The summed E-state index contributed by atoms with van der Waals surface area (Å²) < 4.78 is 9.07. The summed E-state index contributed by atoms with van der Waals surface area (Å²) in [6.45, 7) is 8.40. The number of hydrogen-bond donors (Lipinski definition) is 1. The zero-order chi connectivity index (χ0) is 16.8. The molecular weight excluding hydrogens is 294 g/mol. The molecule has 1 atom stereocenters. The Morgan fingerprint density at radius 3 is 2.74 bits per heavy atom. The van der Waals surface area contributed by atoms with E-state index in [-0.39, 0.29) is 17.6 Å². The molecule has 3 rings (SSSR count). The van der Waals surface area contributed by atoms with Crippen LogP contribution in [0.15, 0.2) is 12.4 Å². The zero-order valence-corrected chi connectivity index (χ0v) is 14.3. The SMILES string of the molecule is Cc1cnn(-c2c(C(=O)NC3COC(C)(C)C3)c(C)nn2C)c1. The third-order valence-electron chi connectivity index (χ3n) is 4.10. The Bertz CT molecular complexity index is 744. The normalized spacial score (nSPS) is 20.0. The minimum atomic E-state index is -0.191. The lowest BCUT2D eigenvalue weighted by Crippen LogP contribution is -2.36. The van der Waals surface area contributed by atoms with Gasteiger partial charge in [-0.05, 0) is 39.7 Å². The first-order chi connectivity index (χ1) is 10.8. The van der Waals surface area contributed by atoms with Crippen molar-refractivity contribution in [2.45, 2.75) is 45.8 Å². The van der Waals surface area contributed by atoms with Gasteiger partial charge in [0.2, 0.25) is 0 Å². The van der Waals surface area contributed by atoms with Crippen molar-refractivity contribution in [3.8, 4) is 5.82 Å². The van der Waals surface area contributed by atoms with Crippen LogP contribution in [0.4, 0.5) is 0 Å². The summed E-state index contributed by atoms with van der Waals surface area (Å²) >= 11 is 0. The van der Waals surface area contributed by atoms with Crippen molar-refractivity contribution in [1.29, 1.82) is 0 Å². The lowest BCUT2D eigenvalue weighted by Gasteiger charge is -2.16. The standard InChI is InChI=1S/C16H23N5O2/c1-10-7-17-21(8-10)15-13(11(2)19-20(15)5)14(22)18-12-6-16(3,4)23-9-12/h7-8,12H,6,9H2,1-5H3,(H,18,22). The van der Waals surface area contributed by atoms with Crippen LogP contribution in [0.2, 0.25) is 0 Å². The van der Waals surface area contributed by atoms with Crippen molar-refractivity contribution < 1.29 is 9.53 Å². The molecule has 2 aromatic rings. The average molecular weight is 317 g/mol. The van der Waals surface area contributed by atoms with Gasteiger partial charge in [-0.25, -0.2) is 9.36 Å². The Morgan fingerprint density at radius 2 is 2.17 bits per heavy atom. The molecule has 0 saturated carbocycles. The molecular formula is C16H23N5O2. The molecule has 2 aromatic heterocycles. The van der Waals surface area contributed by atoms with Crippen molar-refractivity contribution in [1.82, 2.24) is 24.9 Å². The Morgan fingerprint density at radius 1 is 1.43 bits per heavy atom. The van der Waals surface area contributed by atoms with Gasteiger partial charge in [0.05, 0.1) is 30.1 Å². The molecule has 23 heavy (non-hydrogen) atoms. The van der Waals surface area contributed by atoms with Crippen molar-refractivity contribution in [3.05, 3.63) is 29.2 Å². The Labute approximate surface area is 135 Å². The number of carbonyl (C=O) groups is 1.